The Hall–Kier alpha value is -3.90. The highest BCUT2D eigenvalue weighted by atomic mass is 32.2. The van der Waals surface area contributed by atoms with Crippen molar-refractivity contribution >= 4 is 21.6 Å². The van der Waals surface area contributed by atoms with E-state index in [0.717, 1.165) is 29.5 Å². The Balaban J connectivity index is 1.49. The molecule has 0 aromatic heterocycles. The van der Waals surface area contributed by atoms with Crippen molar-refractivity contribution in [3.8, 4) is 0 Å². The van der Waals surface area contributed by atoms with E-state index in [2.05, 4.69) is 23.5 Å². The molecule has 0 aliphatic heterocycles. The van der Waals surface area contributed by atoms with Gasteiger partial charge in [-0.1, -0.05) is 78.4 Å². The SMILES string of the molecule is Cc1ccc(S(=O)(=O)N(Cc2ccccc2)c2ccccc2C(=O)N[C@@H](C)c2ccc3c(c2)CCCC3)cc1. The van der Waals surface area contributed by atoms with Crippen molar-refractivity contribution in [2.45, 2.75) is 57.0 Å². The lowest BCUT2D eigenvalue weighted by Gasteiger charge is -2.27. The van der Waals surface area contributed by atoms with Crippen molar-refractivity contribution in [2.24, 2.45) is 0 Å². The molecule has 5 rings (SSSR count). The van der Waals surface area contributed by atoms with E-state index in [0.29, 0.717) is 11.3 Å². The van der Waals surface area contributed by atoms with Crippen LogP contribution < -0.4 is 9.62 Å². The molecule has 1 atom stereocenters. The summed E-state index contributed by atoms with van der Waals surface area (Å²) in [6.45, 7) is 3.99. The van der Waals surface area contributed by atoms with Gasteiger partial charge >= 0.3 is 0 Å². The molecule has 0 saturated heterocycles. The molecule has 1 aliphatic rings. The van der Waals surface area contributed by atoms with Crippen LogP contribution in [0.2, 0.25) is 0 Å². The van der Waals surface area contributed by atoms with Gasteiger partial charge in [-0.2, -0.15) is 0 Å². The van der Waals surface area contributed by atoms with Crippen LogP contribution in [0.15, 0.2) is 102 Å². The maximum absolute atomic E-state index is 14.0. The van der Waals surface area contributed by atoms with Gasteiger partial charge < -0.3 is 5.32 Å². The number of nitrogens with one attached hydrogen (secondary N) is 1. The number of anilines is 1. The first kappa shape index (κ1) is 26.7. The van der Waals surface area contributed by atoms with E-state index < -0.39 is 10.0 Å². The Morgan fingerprint density at radius 3 is 2.26 bits per heavy atom. The molecule has 200 valence electrons. The highest BCUT2D eigenvalue weighted by molar-refractivity contribution is 7.92. The normalized spacial score (nSPS) is 13.8. The molecule has 4 aromatic rings. The second-order valence-electron chi connectivity index (χ2n) is 10.3. The zero-order chi connectivity index (χ0) is 27.4. The van der Waals surface area contributed by atoms with Crippen molar-refractivity contribution in [1.29, 1.82) is 0 Å². The van der Waals surface area contributed by atoms with Crippen molar-refractivity contribution in [3.05, 3.63) is 130 Å². The quantitative estimate of drug-likeness (QED) is 0.270. The summed E-state index contributed by atoms with van der Waals surface area (Å²) >= 11 is 0. The number of amides is 1. The molecule has 6 heteroatoms. The molecule has 0 unspecified atom stereocenters. The van der Waals surface area contributed by atoms with E-state index in [1.165, 1.54) is 28.3 Å². The summed E-state index contributed by atoms with van der Waals surface area (Å²) in [5.41, 5.74) is 6.26. The van der Waals surface area contributed by atoms with Gasteiger partial charge in [-0.25, -0.2) is 8.42 Å². The largest absolute Gasteiger partial charge is 0.345 e. The van der Waals surface area contributed by atoms with Gasteiger partial charge in [0.05, 0.1) is 28.7 Å². The van der Waals surface area contributed by atoms with Gasteiger partial charge in [0.15, 0.2) is 0 Å². The summed E-state index contributed by atoms with van der Waals surface area (Å²) in [5, 5.41) is 3.12. The smallest absolute Gasteiger partial charge is 0.264 e. The first-order chi connectivity index (χ1) is 18.8. The zero-order valence-corrected chi connectivity index (χ0v) is 23.2. The summed E-state index contributed by atoms with van der Waals surface area (Å²) < 4.78 is 29.3. The first-order valence-corrected chi connectivity index (χ1v) is 14.9. The van der Waals surface area contributed by atoms with Gasteiger partial charge in [0.1, 0.15) is 0 Å². The fourth-order valence-electron chi connectivity index (χ4n) is 5.15. The molecule has 5 nitrogen and oxygen atoms in total. The van der Waals surface area contributed by atoms with Crippen molar-refractivity contribution in [3.63, 3.8) is 0 Å². The average molecular weight is 539 g/mol. The van der Waals surface area contributed by atoms with E-state index in [1.807, 2.05) is 44.2 Å². The maximum atomic E-state index is 14.0. The lowest BCUT2D eigenvalue weighted by atomic mass is 9.89. The van der Waals surface area contributed by atoms with E-state index in [1.54, 1.807) is 48.5 Å². The van der Waals surface area contributed by atoms with Crippen molar-refractivity contribution < 1.29 is 13.2 Å². The number of benzene rings is 4. The summed E-state index contributed by atoms with van der Waals surface area (Å²) in [5.74, 6) is -0.312. The third-order valence-electron chi connectivity index (χ3n) is 7.42. The Kier molecular flexibility index (Phi) is 7.84. The number of sulfonamides is 1. The molecular formula is C33H34N2O3S. The van der Waals surface area contributed by atoms with Crippen LogP contribution in [0.1, 0.15) is 64.0 Å². The van der Waals surface area contributed by atoms with Gasteiger partial charge in [0.2, 0.25) is 0 Å². The molecule has 0 saturated carbocycles. The van der Waals surface area contributed by atoms with Crippen LogP contribution in [0.3, 0.4) is 0 Å². The highest BCUT2D eigenvalue weighted by Crippen LogP contribution is 2.30. The van der Waals surface area contributed by atoms with Gasteiger partial charge in [-0.3, -0.25) is 9.10 Å². The Morgan fingerprint density at radius 1 is 0.846 bits per heavy atom. The topological polar surface area (TPSA) is 66.5 Å². The number of fused-ring (bicyclic) bond motifs is 1. The molecule has 39 heavy (non-hydrogen) atoms. The number of hydrogen-bond donors (Lipinski definition) is 1. The van der Waals surface area contributed by atoms with Crippen LogP contribution in [-0.4, -0.2) is 14.3 Å². The minimum absolute atomic E-state index is 0.0989. The molecule has 4 aromatic carbocycles. The van der Waals surface area contributed by atoms with Crippen LogP contribution in [0, 0.1) is 6.92 Å². The molecule has 1 aliphatic carbocycles. The number of hydrogen-bond acceptors (Lipinski definition) is 3. The fourth-order valence-corrected chi connectivity index (χ4v) is 6.62. The lowest BCUT2D eigenvalue weighted by molar-refractivity contribution is 0.0940. The lowest BCUT2D eigenvalue weighted by Crippen LogP contribution is -2.34. The molecule has 0 spiro atoms. The van der Waals surface area contributed by atoms with Gasteiger partial charge in [0.25, 0.3) is 15.9 Å². The Bertz CT molecular complexity index is 1560. The Morgan fingerprint density at radius 2 is 1.51 bits per heavy atom. The summed E-state index contributed by atoms with van der Waals surface area (Å²) in [6.07, 6.45) is 4.59. The molecule has 1 amide bonds. The number of aryl methyl sites for hydroxylation is 3. The summed E-state index contributed by atoms with van der Waals surface area (Å²) in [6, 6.07) is 29.4. The molecule has 0 fully saturated rings. The van der Waals surface area contributed by atoms with Gasteiger partial charge in [0, 0.05) is 0 Å². The van der Waals surface area contributed by atoms with Crippen LogP contribution in [0.25, 0.3) is 0 Å². The van der Waals surface area contributed by atoms with Crippen LogP contribution in [-0.2, 0) is 29.4 Å². The minimum Gasteiger partial charge on any atom is -0.345 e. The summed E-state index contributed by atoms with van der Waals surface area (Å²) in [4.78, 5) is 13.9. The highest BCUT2D eigenvalue weighted by Gasteiger charge is 2.29. The standard InChI is InChI=1S/C33H34N2O3S/c1-24-16-20-30(21-17-24)39(37,38)35(23-26-10-4-3-5-11-26)32-15-9-8-14-31(32)33(36)34-25(2)28-19-18-27-12-6-7-13-29(27)22-28/h3-5,8-11,14-22,25H,6-7,12-13,23H2,1-2H3,(H,34,36)/t25-/m0/s1. The van der Waals surface area contributed by atoms with E-state index in [-0.39, 0.29) is 23.4 Å². The molecule has 0 radical (unpaired) electrons. The predicted octanol–water partition coefficient (Wildman–Crippen LogP) is 6.76. The minimum atomic E-state index is -3.96. The molecule has 0 heterocycles. The monoisotopic (exact) mass is 538 g/mol. The van der Waals surface area contributed by atoms with Crippen molar-refractivity contribution in [1.82, 2.24) is 5.32 Å². The third-order valence-corrected chi connectivity index (χ3v) is 9.19. The number of nitrogens with zero attached hydrogens (tertiary/aromatic N) is 1. The molecular weight excluding hydrogens is 504 g/mol. The fraction of sp³-hybridized carbons (Fsp3) is 0.242. The van der Waals surface area contributed by atoms with E-state index in [9.17, 15) is 13.2 Å². The second kappa shape index (κ2) is 11.5. The number of rotatable bonds is 8. The van der Waals surface area contributed by atoms with Crippen molar-refractivity contribution in [2.75, 3.05) is 4.31 Å². The second-order valence-corrected chi connectivity index (χ2v) is 12.1. The van der Waals surface area contributed by atoms with E-state index >= 15 is 0 Å². The number of para-hydroxylation sites is 1. The maximum Gasteiger partial charge on any atom is 0.264 e. The average Bonchev–Trinajstić information content (AvgIpc) is 2.96. The van der Waals surface area contributed by atoms with Crippen LogP contribution in [0.4, 0.5) is 5.69 Å². The van der Waals surface area contributed by atoms with Crippen LogP contribution in [0.5, 0.6) is 0 Å². The molecule has 0 bridgehead atoms. The zero-order valence-electron chi connectivity index (χ0n) is 22.4. The third kappa shape index (κ3) is 5.91. The Labute approximate surface area is 231 Å². The van der Waals surface area contributed by atoms with E-state index in [4.69, 9.17) is 0 Å². The van der Waals surface area contributed by atoms with Crippen LogP contribution >= 0.6 is 0 Å². The molecule has 1 N–H and O–H groups in total. The first-order valence-electron chi connectivity index (χ1n) is 13.5. The number of carbonyl (C=O) groups excluding carboxylic acids is 1. The predicted molar refractivity (Wildman–Crippen MR) is 156 cm³/mol. The summed E-state index contributed by atoms with van der Waals surface area (Å²) in [7, 11) is -3.96. The van der Waals surface area contributed by atoms with Gasteiger partial charge in [-0.15, -0.1) is 0 Å². The number of carbonyl (C=O) groups is 1. The van der Waals surface area contributed by atoms with Gasteiger partial charge in [-0.05, 0) is 86.1 Å².